The Kier molecular flexibility index (Phi) is 4.63. The molecule has 1 aromatic heterocycles. The number of carbonyl (C=O) groups excluding carboxylic acids is 1. The number of amides is 1. The third kappa shape index (κ3) is 3.74. The Morgan fingerprint density at radius 1 is 1.35 bits per heavy atom. The fourth-order valence-corrected chi connectivity index (χ4v) is 2.27. The molecule has 1 aromatic carbocycles. The summed E-state index contributed by atoms with van der Waals surface area (Å²) in [7, 11) is 1.57. The molecule has 0 fully saturated rings. The summed E-state index contributed by atoms with van der Waals surface area (Å²) in [6, 6.07) is 7.13. The summed E-state index contributed by atoms with van der Waals surface area (Å²) in [5.74, 6) is -1.51. The van der Waals surface area contributed by atoms with Gasteiger partial charge in [0.05, 0.1) is 0 Å². The van der Waals surface area contributed by atoms with E-state index in [0.717, 1.165) is 10.9 Å². The average Bonchev–Trinajstić information content (AvgIpc) is 2.92. The highest BCUT2D eigenvalue weighted by Gasteiger charge is 2.10. The summed E-state index contributed by atoms with van der Waals surface area (Å²) < 4.78 is 26.3. The van der Waals surface area contributed by atoms with Crippen molar-refractivity contribution in [3.8, 4) is 0 Å². The highest BCUT2D eigenvalue weighted by Crippen LogP contribution is 2.13. The van der Waals surface area contributed by atoms with Gasteiger partial charge in [-0.15, -0.1) is 11.3 Å². The number of halogens is 2. The number of likely N-dealkylation sites (N-methyl/N-ethyl adjacent to an activating group) is 1. The lowest BCUT2D eigenvalue weighted by Crippen LogP contribution is -2.24. The van der Waals surface area contributed by atoms with Crippen LogP contribution in [0.4, 0.5) is 8.78 Å². The number of thiophene rings is 1. The number of rotatable bonds is 4. The number of benzene rings is 1. The molecule has 0 N–H and O–H groups in total. The Labute approximate surface area is 120 Å². The molecule has 0 unspecified atom stereocenters. The molecule has 0 atom stereocenters. The van der Waals surface area contributed by atoms with E-state index in [9.17, 15) is 13.6 Å². The summed E-state index contributed by atoms with van der Waals surface area (Å²) in [5.41, 5.74) is 0.284. The van der Waals surface area contributed by atoms with E-state index in [2.05, 4.69) is 0 Å². The first kappa shape index (κ1) is 14.4. The maximum atomic E-state index is 13.5. The third-order valence-corrected chi connectivity index (χ3v) is 3.57. The Bertz CT molecular complexity index is 623. The summed E-state index contributed by atoms with van der Waals surface area (Å²) in [6.07, 6.45) is 3.15. The van der Waals surface area contributed by atoms with Crippen molar-refractivity contribution >= 4 is 23.3 Å². The first-order valence-electron chi connectivity index (χ1n) is 5.97. The lowest BCUT2D eigenvalue weighted by Gasteiger charge is -2.15. The molecular weight excluding hydrogens is 280 g/mol. The molecule has 2 rings (SSSR count). The second kappa shape index (κ2) is 6.43. The highest BCUT2D eigenvalue weighted by molar-refractivity contribution is 7.10. The molecule has 0 aliphatic rings. The minimum absolute atomic E-state index is 0.0970. The van der Waals surface area contributed by atoms with Crippen molar-refractivity contribution in [1.29, 1.82) is 0 Å². The van der Waals surface area contributed by atoms with Crippen molar-refractivity contribution in [2.45, 2.75) is 6.54 Å². The van der Waals surface area contributed by atoms with Crippen LogP contribution in [0.1, 0.15) is 10.4 Å². The van der Waals surface area contributed by atoms with Gasteiger partial charge in [-0.2, -0.15) is 0 Å². The normalized spacial score (nSPS) is 10.9. The summed E-state index contributed by atoms with van der Waals surface area (Å²) in [4.78, 5) is 14.2. The standard InChI is InChI=1S/C15H13F2NOS/c1-18(10-11-4-5-12(16)9-14(11)17)15(19)7-6-13-3-2-8-20-13/h2-9H,10H2,1H3/b7-6+. The van der Waals surface area contributed by atoms with Crippen LogP contribution in [0.2, 0.25) is 0 Å². The SMILES string of the molecule is CN(Cc1ccc(F)cc1F)C(=O)/C=C/c1cccs1. The predicted octanol–water partition coefficient (Wildman–Crippen LogP) is 3.70. The number of nitrogens with zero attached hydrogens (tertiary/aromatic N) is 1. The lowest BCUT2D eigenvalue weighted by atomic mass is 10.2. The lowest BCUT2D eigenvalue weighted by molar-refractivity contribution is -0.125. The average molecular weight is 293 g/mol. The topological polar surface area (TPSA) is 20.3 Å². The molecule has 0 aliphatic carbocycles. The Hall–Kier alpha value is -2.01. The van der Waals surface area contributed by atoms with Crippen molar-refractivity contribution in [3.05, 3.63) is 63.9 Å². The number of hydrogen-bond donors (Lipinski definition) is 0. The van der Waals surface area contributed by atoms with E-state index < -0.39 is 11.6 Å². The second-order valence-electron chi connectivity index (χ2n) is 4.28. The minimum Gasteiger partial charge on any atom is -0.338 e. The largest absolute Gasteiger partial charge is 0.338 e. The molecule has 0 bridgehead atoms. The van der Waals surface area contributed by atoms with Crippen LogP contribution in [0, 0.1) is 11.6 Å². The van der Waals surface area contributed by atoms with E-state index in [1.54, 1.807) is 13.1 Å². The smallest absolute Gasteiger partial charge is 0.246 e. The van der Waals surface area contributed by atoms with Crippen LogP contribution in [0.25, 0.3) is 6.08 Å². The Morgan fingerprint density at radius 3 is 2.80 bits per heavy atom. The zero-order valence-corrected chi connectivity index (χ0v) is 11.7. The molecule has 5 heteroatoms. The monoisotopic (exact) mass is 293 g/mol. The molecule has 0 saturated heterocycles. The van der Waals surface area contributed by atoms with Crippen LogP contribution in [0.3, 0.4) is 0 Å². The summed E-state index contributed by atoms with van der Waals surface area (Å²) in [6.45, 7) is 0.0970. The molecule has 2 nitrogen and oxygen atoms in total. The highest BCUT2D eigenvalue weighted by atomic mass is 32.1. The van der Waals surface area contributed by atoms with Crippen LogP contribution in [-0.4, -0.2) is 17.9 Å². The van der Waals surface area contributed by atoms with Gasteiger partial charge >= 0.3 is 0 Å². The van der Waals surface area contributed by atoms with Gasteiger partial charge < -0.3 is 4.90 Å². The molecule has 0 aliphatic heterocycles. The van der Waals surface area contributed by atoms with Gasteiger partial charge in [0.15, 0.2) is 0 Å². The summed E-state index contributed by atoms with van der Waals surface area (Å²) >= 11 is 1.53. The quantitative estimate of drug-likeness (QED) is 0.787. The van der Waals surface area contributed by atoms with Crippen molar-refractivity contribution in [2.75, 3.05) is 7.05 Å². The molecule has 1 amide bonds. The van der Waals surface area contributed by atoms with E-state index in [1.807, 2.05) is 17.5 Å². The van der Waals surface area contributed by atoms with Gasteiger partial charge in [-0.3, -0.25) is 4.79 Å². The molecule has 0 spiro atoms. The predicted molar refractivity (Wildman–Crippen MR) is 76.2 cm³/mol. The molecule has 1 heterocycles. The van der Waals surface area contributed by atoms with Crippen molar-refractivity contribution in [2.24, 2.45) is 0 Å². The van der Waals surface area contributed by atoms with Gasteiger partial charge in [0.25, 0.3) is 0 Å². The van der Waals surface area contributed by atoms with Crippen LogP contribution < -0.4 is 0 Å². The van der Waals surface area contributed by atoms with E-state index >= 15 is 0 Å². The fourth-order valence-electron chi connectivity index (χ4n) is 1.65. The van der Waals surface area contributed by atoms with E-state index in [1.165, 1.54) is 34.4 Å². The van der Waals surface area contributed by atoms with Gasteiger partial charge in [0.2, 0.25) is 5.91 Å². The van der Waals surface area contributed by atoms with Gasteiger partial charge in [0, 0.05) is 36.2 Å². The minimum atomic E-state index is -0.646. The fraction of sp³-hybridized carbons (Fsp3) is 0.133. The van der Waals surface area contributed by atoms with E-state index in [-0.39, 0.29) is 18.0 Å². The zero-order chi connectivity index (χ0) is 14.5. The van der Waals surface area contributed by atoms with Gasteiger partial charge in [-0.05, 0) is 23.6 Å². The van der Waals surface area contributed by atoms with Gasteiger partial charge in [0.1, 0.15) is 11.6 Å². The van der Waals surface area contributed by atoms with Gasteiger partial charge in [-0.1, -0.05) is 12.1 Å². The molecule has 20 heavy (non-hydrogen) atoms. The first-order valence-corrected chi connectivity index (χ1v) is 6.85. The van der Waals surface area contributed by atoms with E-state index in [4.69, 9.17) is 0 Å². The Morgan fingerprint density at radius 2 is 2.15 bits per heavy atom. The van der Waals surface area contributed by atoms with Gasteiger partial charge in [-0.25, -0.2) is 8.78 Å². The maximum absolute atomic E-state index is 13.5. The summed E-state index contributed by atoms with van der Waals surface area (Å²) in [5, 5.41) is 1.92. The second-order valence-corrected chi connectivity index (χ2v) is 5.26. The molecule has 0 saturated carbocycles. The van der Waals surface area contributed by atoms with Crippen LogP contribution in [0.15, 0.2) is 41.8 Å². The molecule has 0 radical (unpaired) electrons. The number of carbonyl (C=O) groups is 1. The van der Waals surface area contributed by atoms with Crippen molar-refractivity contribution < 1.29 is 13.6 Å². The van der Waals surface area contributed by atoms with Crippen molar-refractivity contribution in [1.82, 2.24) is 4.90 Å². The number of hydrogen-bond acceptors (Lipinski definition) is 2. The first-order chi connectivity index (χ1) is 9.56. The zero-order valence-electron chi connectivity index (χ0n) is 10.8. The molecule has 104 valence electrons. The van der Waals surface area contributed by atoms with Crippen molar-refractivity contribution in [3.63, 3.8) is 0 Å². The van der Waals surface area contributed by atoms with E-state index in [0.29, 0.717) is 0 Å². The van der Waals surface area contributed by atoms with Crippen LogP contribution in [0.5, 0.6) is 0 Å². The molecule has 2 aromatic rings. The van der Waals surface area contributed by atoms with Crippen LogP contribution in [-0.2, 0) is 11.3 Å². The van der Waals surface area contributed by atoms with Crippen LogP contribution >= 0.6 is 11.3 Å². The maximum Gasteiger partial charge on any atom is 0.246 e. The Balaban J connectivity index is 2.00. The third-order valence-electron chi connectivity index (χ3n) is 2.73. The molecular formula is C15H13F2NOS.